The van der Waals surface area contributed by atoms with Crippen LogP contribution in [0.3, 0.4) is 0 Å². The van der Waals surface area contributed by atoms with Crippen molar-refractivity contribution in [3.8, 4) is 17.2 Å². The molecule has 3 aromatic carbocycles. The maximum atomic E-state index is 11.2. The molecule has 0 aliphatic rings. The summed E-state index contributed by atoms with van der Waals surface area (Å²) in [6.07, 6.45) is 1.62. The highest BCUT2D eigenvalue weighted by atomic mass is 16.6. The molecule has 0 aliphatic carbocycles. The predicted molar refractivity (Wildman–Crippen MR) is 114 cm³/mol. The minimum absolute atomic E-state index is 0.0875. The number of ether oxygens (including phenoxy) is 2. The van der Waals surface area contributed by atoms with E-state index in [-0.39, 0.29) is 11.4 Å². The van der Waals surface area contributed by atoms with Gasteiger partial charge in [0.05, 0.1) is 35.8 Å². The Bertz CT molecular complexity index is 1120. The lowest BCUT2D eigenvalue weighted by molar-refractivity contribution is -0.394. The summed E-state index contributed by atoms with van der Waals surface area (Å²) >= 11 is 0. The lowest BCUT2D eigenvalue weighted by Gasteiger charge is -2.07. The zero-order valence-electron chi connectivity index (χ0n) is 16.4. The second-order valence-electron chi connectivity index (χ2n) is 6.24. The van der Waals surface area contributed by atoms with Gasteiger partial charge in [-0.1, -0.05) is 18.2 Å². The molecule has 0 heterocycles. The van der Waals surface area contributed by atoms with Crippen LogP contribution in [0.15, 0.2) is 71.8 Å². The quantitative estimate of drug-likeness (QED) is 0.307. The fourth-order valence-electron chi connectivity index (χ4n) is 2.70. The summed E-state index contributed by atoms with van der Waals surface area (Å²) in [5, 5.41) is 26.2. The molecule has 0 radical (unpaired) electrons. The number of nitrogens with zero attached hydrogens (tertiary/aromatic N) is 3. The first-order valence-corrected chi connectivity index (χ1v) is 9.06. The molecule has 0 bridgehead atoms. The normalized spacial score (nSPS) is 10.6. The van der Waals surface area contributed by atoms with E-state index in [4.69, 9.17) is 9.47 Å². The van der Waals surface area contributed by atoms with E-state index in [1.165, 1.54) is 6.07 Å². The Kier molecular flexibility index (Phi) is 6.74. The van der Waals surface area contributed by atoms with Gasteiger partial charge in [0.15, 0.2) is 0 Å². The maximum Gasteiger partial charge on any atom is 0.318 e. The van der Waals surface area contributed by atoms with Crippen molar-refractivity contribution in [3.05, 3.63) is 98.1 Å². The second kappa shape index (κ2) is 9.83. The van der Waals surface area contributed by atoms with Crippen molar-refractivity contribution in [2.45, 2.75) is 6.54 Å². The van der Waals surface area contributed by atoms with E-state index in [9.17, 15) is 20.2 Å². The third-order valence-corrected chi connectivity index (χ3v) is 4.22. The van der Waals surface area contributed by atoms with Crippen LogP contribution in [0.4, 0.5) is 11.4 Å². The van der Waals surface area contributed by atoms with Gasteiger partial charge in [-0.05, 0) is 42.0 Å². The number of non-ortho nitro benzene ring substituents is 1. The number of methoxy groups -OCH3 is 1. The Morgan fingerprint density at radius 3 is 2.39 bits per heavy atom. The van der Waals surface area contributed by atoms with Crippen LogP contribution in [0.25, 0.3) is 0 Å². The molecule has 0 saturated carbocycles. The zero-order chi connectivity index (χ0) is 22.2. The molecule has 0 spiro atoms. The van der Waals surface area contributed by atoms with Crippen molar-refractivity contribution in [2.75, 3.05) is 7.11 Å². The molecule has 0 unspecified atom stereocenters. The molecular weight excluding hydrogens is 404 g/mol. The van der Waals surface area contributed by atoms with Gasteiger partial charge in [0.2, 0.25) is 5.75 Å². The third-order valence-electron chi connectivity index (χ3n) is 4.22. The standard InChI is InChI=1S/C21H18N4O6/c1-30-20-5-3-2-4-16(20)14-23-22-13-15-6-9-18(10-7-15)31-21-11-8-17(24(26)27)12-19(21)25(28)29/h2-13,23H,14H2,1H3/b22-13+. The number of rotatable bonds is 9. The van der Waals surface area contributed by atoms with Gasteiger partial charge in [0.1, 0.15) is 11.5 Å². The highest BCUT2D eigenvalue weighted by Gasteiger charge is 2.21. The van der Waals surface area contributed by atoms with Crippen LogP contribution in [0.2, 0.25) is 0 Å². The van der Waals surface area contributed by atoms with Crippen LogP contribution in [0.5, 0.6) is 17.2 Å². The number of para-hydroxylation sites is 1. The number of nitro groups is 2. The van der Waals surface area contributed by atoms with Crippen molar-refractivity contribution >= 4 is 17.6 Å². The van der Waals surface area contributed by atoms with Gasteiger partial charge >= 0.3 is 5.69 Å². The molecule has 3 aromatic rings. The smallest absolute Gasteiger partial charge is 0.318 e. The molecule has 0 fully saturated rings. The minimum atomic E-state index is -0.725. The van der Waals surface area contributed by atoms with Gasteiger partial charge < -0.3 is 14.9 Å². The summed E-state index contributed by atoms with van der Waals surface area (Å²) in [5.41, 5.74) is 3.82. The Hall–Kier alpha value is -4.47. The zero-order valence-corrected chi connectivity index (χ0v) is 16.4. The number of hydrogen-bond donors (Lipinski definition) is 1. The fourth-order valence-corrected chi connectivity index (χ4v) is 2.70. The molecule has 1 N–H and O–H groups in total. The van der Waals surface area contributed by atoms with Gasteiger partial charge in [-0.15, -0.1) is 0 Å². The average Bonchev–Trinajstić information content (AvgIpc) is 2.78. The molecule has 3 rings (SSSR count). The fraction of sp³-hybridized carbons (Fsp3) is 0.0952. The number of hydrogen-bond acceptors (Lipinski definition) is 8. The summed E-state index contributed by atoms with van der Waals surface area (Å²) in [6.45, 7) is 0.492. The monoisotopic (exact) mass is 422 g/mol. The van der Waals surface area contributed by atoms with Gasteiger partial charge in [-0.25, -0.2) is 0 Å². The lowest BCUT2D eigenvalue weighted by atomic mass is 10.2. The van der Waals surface area contributed by atoms with E-state index in [1.807, 2.05) is 24.3 Å². The Labute approximate surface area is 177 Å². The van der Waals surface area contributed by atoms with E-state index in [1.54, 1.807) is 37.6 Å². The largest absolute Gasteiger partial charge is 0.496 e. The van der Waals surface area contributed by atoms with E-state index in [2.05, 4.69) is 10.5 Å². The Morgan fingerprint density at radius 1 is 0.968 bits per heavy atom. The van der Waals surface area contributed by atoms with E-state index >= 15 is 0 Å². The van der Waals surface area contributed by atoms with Crippen LogP contribution in [0.1, 0.15) is 11.1 Å². The SMILES string of the molecule is COc1ccccc1CN/N=C/c1ccc(Oc2ccc([N+](=O)[O-])cc2[N+](=O)[O-])cc1. The van der Waals surface area contributed by atoms with E-state index in [0.29, 0.717) is 12.3 Å². The van der Waals surface area contributed by atoms with Crippen molar-refractivity contribution in [1.82, 2.24) is 5.43 Å². The predicted octanol–water partition coefficient (Wildman–Crippen LogP) is 4.43. The summed E-state index contributed by atoms with van der Waals surface area (Å²) in [7, 11) is 1.61. The third kappa shape index (κ3) is 5.54. The molecule has 10 nitrogen and oxygen atoms in total. The molecule has 0 saturated heterocycles. The van der Waals surface area contributed by atoms with Crippen molar-refractivity contribution in [3.63, 3.8) is 0 Å². The average molecular weight is 422 g/mol. The van der Waals surface area contributed by atoms with Crippen molar-refractivity contribution < 1.29 is 19.3 Å². The van der Waals surface area contributed by atoms with Crippen LogP contribution in [-0.2, 0) is 6.54 Å². The van der Waals surface area contributed by atoms with Crippen LogP contribution >= 0.6 is 0 Å². The number of hydrazone groups is 1. The highest BCUT2D eigenvalue weighted by Crippen LogP contribution is 2.34. The Balaban J connectivity index is 1.63. The molecule has 0 aliphatic heterocycles. The first kappa shape index (κ1) is 21.2. The van der Waals surface area contributed by atoms with Crippen LogP contribution in [-0.4, -0.2) is 23.2 Å². The second-order valence-corrected chi connectivity index (χ2v) is 6.24. The molecule has 0 amide bonds. The van der Waals surface area contributed by atoms with E-state index in [0.717, 1.165) is 29.0 Å². The van der Waals surface area contributed by atoms with Crippen LogP contribution < -0.4 is 14.9 Å². The molecule has 0 aromatic heterocycles. The Morgan fingerprint density at radius 2 is 1.71 bits per heavy atom. The summed E-state index contributed by atoms with van der Waals surface area (Å²) in [6, 6.07) is 17.5. The van der Waals surface area contributed by atoms with Gasteiger partial charge in [-0.2, -0.15) is 5.10 Å². The number of benzene rings is 3. The minimum Gasteiger partial charge on any atom is -0.496 e. The summed E-state index contributed by atoms with van der Waals surface area (Å²) in [5.74, 6) is 1.03. The topological polar surface area (TPSA) is 129 Å². The van der Waals surface area contributed by atoms with Crippen molar-refractivity contribution in [1.29, 1.82) is 0 Å². The summed E-state index contributed by atoms with van der Waals surface area (Å²) < 4.78 is 10.8. The van der Waals surface area contributed by atoms with Gasteiger partial charge in [-0.3, -0.25) is 20.2 Å². The molecule has 0 atom stereocenters. The molecular formula is C21H18N4O6. The number of nitrogens with one attached hydrogen (secondary N) is 1. The van der Waals surface area contributed by atoms with Gasteiger partial charge in [0.25, 0.3) is 5.69 Å². The maximum absolute atomic E-state index is 11.2. The van der Waals surface area contributed by atoms with Crippen molar-refractivity contribution in [2.24, 2.45) is 5.10 Å². The molecule has 31 heavy (non-hydrogen) atoms. The van der Waals surface area contributed by atoms with Crippen LogP contribution in [0, 0.1) is 20.2 Å². The molecule has 10 heteroatoms. The first-order chi connectivity index (χ1) is 15.0. The first-order valence-electron chi connectivity index (χ1n) is 9.06. The highest BCUT2D eigenvalue weighted by molar-refractivity contribution is 5.79. The van der Waals surface area contributed by atoms with E-state index < -0.39 is 15.5 Å². The molecule has 158 valence electrons. The lowest BCUT2D eigenvalue weighted by Crippen LogP contribution is -2.06. The summed E-state index contributed by atoms with van der Waals surface area (Å²) in [4.78, 5) is 20.6. The van der Waals surface area contributed by atoms with Gasteiger partial charge in [0, 0.05) is 11.6 Å². The number of nitro benzene ring substituents is 2.